The molecule has 4 aromatic rings. The lowest BCUT2D eigenvalue weighted by Crippen LogP contribution is -2.16. The molecule has 5 heteroatoms. The van der Waals surface area contributed by atoms with Crippen molar-refractivity contribution in [2.75, 3.05) is 14.2 Å². The number of methoxy groups -OCH3 is 2. The summed E-state index contributed by atoms with van der Waals surface area (Å²) in [5.74, 6) is 1.72. The smallest absolute Gasteiger partial charge is 0.133 e. The fraction of sp³-hybridized carbons (Fsp3) is 0.261. The average Bonchev–Trinajstić information content (AvgIpc) is 3.30. The number of carbonyl (C=O) groups is 1. The summed E-state index contributed by atoms with van der Waals surface area (Å²) in [4.78, 5) is 19.0. The number of aromatic amines is 2. The van der Waals surface area contributed by atoms with Gasteiger partial charge in [-0.25, -0.2) is 0 Å². The Kier molecular flexibility index (Phi) is 4.82. The largest absolute Gasteiger partial charge is 0.497 e. The number of ketones is 1. The van der Waals surface area contributed by atoms with Crippen LogP contribution in [0.2, 0.25) is 0 Å². The second-order valence-corrected chi connectivity index (χ2v) is 7.17. The van der Waals surface area contributed by atoms with Crippen LogP contribution in [-0.4, -0.2) is 30.0 Å². The fourth-order valence-corrected chi connectivity index (χ4v) is 3.80. The zero-order valence-corrected chi connectivity index (χ0v) is 16.3. The molecule has 0 saturated heterocycles. The van der Waals surface area contributed by atoms with Crippen molar-refractivity contribution in [2.24, 2.45) is 5.92 Å². The Hall–Kier alpha value is -3.21. The van der Waals surface area contributed by atoms with Crippen LogP contribution in [0, 0.1) is 5.92 Å². The van der Waals surface area contributed by atoms with Gasteiger partial charge in [-0.15, -0.1) is 0 Å². The predicted molar refractivity (Wildman–Crippen MR) is 111 cm³/mol. The molecule has 0 unspecified atom stereocenters. The van der Waals surface area contributed by atoms with E-state index >= 15 is 0 Å². The molecule has 2 aromatic heterocycles. The van der Waals surface area contributed by atoms with Gasteiger partial charge in [-0.2, -0.15) is 0 Å². The fourth-order valence-electron chi connectivity index (χ4n) is 3.80. The lowest BCUT2D eigenvalue weighted by atomic mass is 9.89. The van der Waals surface area contributed by atoms with Crippen molar-refractivity contribution in [3.8, 4) is 11.5 Å². The second kappa shape index (κ2) is 7.43. The first-order valence-corrected chi connectivity index (χ1v) is 9.37. The van der Waals surface area contributed by atoms with E-state index in [1.54, 1.807) is 21.1 Å². The van der Waals surface area contributed by atoms with Crippen molar-refractivity contribution in [3.63, 3.8) is 0 Å². The van der Waals surface area contributed by atoms with E-state index in [9.17, 15) is 4.79 Å². The number of benzene rings is 2. The third-order valence-electron chi connectivity index (χ3n) is 5.46. The third-order valence-corrected chi connectivity index (χ3v) is 5.46. The van der Waals surface area contributed by atoms with Crippen LogP contribution in [0.5, 0.6) is 11.5 Å². The van der Waals surface area contributed by atoms with Crippen molar-refractivity contribution in [1.82, 2.24) is 9.97 Å². The molecule has 2 aromatic carbocycles. The lowest BCUT2D eigenvalue weighted by molar-refractivity contribution is -0.120. The van der Waals surface area contributed by atoms with Crippen molar-refractivity contribution in [1.29, 1.82) is 0 Å². The number of Topliss-reactive ketones (excluding diaryl/α,β-unsaturated/α-hetero) is 1. The summed E-state index contributed by atoms with van der Waals surface area (Å²) in [6.45, 7) is 1.68. The summed E-state index contributed by atoms with van der Waals surface area (Å²) < 4.78 is 10.7. The Morgan fingerprint density at radius 1 is 0.857 bits per heavy atom. The summed E-state index contributed by atoms with van der Waals surface area (Å²) >= 11 is 0. The molecule has 0 aliphatic rings. The first-order valence-electron chi connectivity index (χ1n) is 9.37. The summed E-state index contributed by atoms with van der Waals surface area (Å²) in [7, 11) is 3.33. The topological polar surface area (TPSA) is 67.1 Å². The number of rotatable bonds is 7. The molecule has 28 heavy (non-hydrogen) atoms. The highest BCUT2D eigenvalue weighted by molar-refractivity contribution is 5.88. The molecule has 144 valence electrons. The minimum Gasteiger partial charge on any atom is -0.497 e. The predicted octanol–water partition coefficient (Wildman–Crippen LogP) is 4.66. The van der Waals surface area contributed by atoms with Crippen molar-refractivity contribution in [3.05, 3.63) is 59.9 Å². The lowest BCUT2D eigenvalue weighted by Gasteiger charge is -2.13. The number of nitrogens with one attached hydrogen (secondary N) is 2. The van der Waals surface area contributed by atoms with Crippen molar-refractivity contribution < 1.29 is 14.3 Å². The Morgan fingerprint density at radius 2 is 1.32 bits per heavy atom. The maximum atomic E-state index is 12.4. The molecular formula is C23H24N2O3. The second-order valence-electron chi connectivity index (χ2n) is 7.17. The highest BCUT2D eigenvalue weighted by Crippen LogP contribution is 2.29. The molecule has 0 atom stereocenters. The van der Waals surface area contributed by atoms with Gasteiger partial charge in [-0.05, 0) is 67.3 Å². The van der Waals surface area contributed by atoms with Crippen LogP contribution in [0.15, 0.2) is 48.8 Å². The van der Waals surface area contributed by atoms with Crippen LogP contribution in [0.4, 0.5) is 0 Å². The molecule has 0 spiro atoms. The number of hydrogen-bond donors (Lipinski definition) is 2. The Bertz CT molecular complexity index is 1060. The van der Waals surface area contributed by atoms with E-state index in [0.29, 0.717) is 12.8 Å². The zero-order chi connectivity index (χ0) is 19.7. The number of fused-ring (bicyclic) bond motifs is 2. The van der Waals surface area contributed by atoms with Gasteiger partial charge in [-0.1, -0.05) is 0 Å². The summed E-state index contributed by atoms with van der Waals surface area (Å²) in [6.07, 6.45) is 5.36. The van der Waals surface area contributed by atoms with Gasteiger partial charge < -0.3 is 19.4 Å². The maximum Gasteiger partial charge on any atom is 0.133 e. The van der Waals surface area contributed by atoms with Gasteiger partial charge in [0.2, 0.25) is 0 Å². The Balaban J connectivity index is 1.65. The van der Waals surface area contributed by atoms with Gasteiger partial charge in [0.05, 0.1) is 14.2 Å². The molecule has 0 aliphatic carbocycles. The van der Waals surface area contributed by atoms with Crippen molar-refractivity contribution >= 4 is 27.6 Å². The quantitative estimate of drug-likeness (QED) is 0.493. The molecular weight excluding hydrogens is 352 g/mol. The molecule has 2 heterocycles. The van der Waals surface area contributed by atoms with E-state index in [0.717, 1.165) is 44.4 Å². The first kappa shape index (κ1) is 18.2. The number of carbonyl (C=O) groups excluding carboxylic acids is 1. The monoisotopic (exact) mass is 376 g/mol. The highest BCUT2D eigenvalue weighted by Gasteiger charge is 2.20. The van der Waals surface area contributed by atoms with Gasteiger partial charge in [0.1, 0.15) is 17.3 Å². The number of ether oxygens (including phenoxy) is 2. The SMILES string of the molecule is COc1ccc2[nH]cc(CC(Cc3c[nH]c4ccc(OC)cc34)C(C)=O)c2c1. The maximum absolute atomic E-state index is 12.4. The van der Waals surface area contributed by atoms with Gasteiger partial charge in [0.15, 0.2) is 0 Å². The molecule has 0 bridgehead atoms. The minimum atomic E-state index is -0.101. The van der Waals surface area contributed by atoms with Crippen LogP contribution in [0.25, 0.3) is 21.8 Å². The standard InChI is InChI=1S/C23H24N2O3/c1-14(26)15(8-16-12-24-22-6-4-18(27-2)10-20(16)22)9-17-13-25-23-7-5-19(28-3)11-21(17)23/h4-7,10-13,15,24-25H,8-9H2,1-3H3. The normalized spacial score (nSPS) is 11.4. The Labute approximate surface area is 163 Å². The number of H-pyrrole nitrogens is 2. The van der Waals surface area contributed by atoms with Gasteiger partial charge >= 0.3 is 0 Å². The molecule has 0 amide bonds. The van der Waals surface area contributed by atoms with Crippen LogP contribution >= 0.6 is 0 Å². The molecule has 5 nitrogen and oxygen atoms in total. The summed E-state index contributed by atoms with van der Waals surface area (Å²) in [5, 5.41) is 2.21. The van der Waals surface area contributed by atoms with E-state index in [1.807, 2.05) is 48.8 Å². The Morgan fingerprint density at radius 3 is 1.71 bits per heavy atom. The van der Waals surface area contributed by atoms with Crippen LogP contribution < -0.4 is 9.47 Å². The third kappa shape index (κ3) is 3.36. The minimum absolute atomic E-state index is 0.101. The van der Waals surface area contributed by atoms with E-state index in [-0.39, 0.29) is 11.7 Å². The molecule has 0 aliphatic heterocycles. The first-order chi connectivity index (χ1) is 13.6. The average molecular weight is 376 g/mol. The highest BCUT2D eigenvalue weighted by atomic mass is 16.5. The van der Waals surface area contributed by atoms with Crippen LogP contribution in [0.1, 0.15) is 18.1 Å². The molecule has 0 saturated carbocycles. The zero-order valence-electron chi connectivity index (χ0n) is 16.3. The van der Waals surface area contributed by atoms with Crippen molar-refractivity contribution in [2.45, 2.75) is 19.8 Å². The molecule has 2 N–H and O–H groups in total. The van der Waals surface area contributed by atoms with Crippen LogP contribution in [-0.2, 0) is 17.6 Å². The van der Waals surface area contributed by atoms with Gasteiger partial charge in [0, 0.05) is 40.1 Å². The molecule has 4 rings (SSSR count). The number of aromatic nitrogens is 2. The van der Waals surface area contributed by atoms with E-state index in [4.69, 9.17) is 9.47 Å². The summed E-state index contributed by atoms with van der Waals surface area (Å²) in [5.41, 5.74) is 4.36. The van der Waals surface area contributed by atoms with E-state index in [1.165, 1.54) is 0 Å². The van der Waals surface area contributed by atoms with E-state index < -0.39 is 0 Å². The van der Waals surface area contributed by atoms with Gasteiger partial charge in [0.25, 0.3) is 0 Å². The number of hydrogen-bond acceptors (Lipinski definition) is 3. The molecule has 0 radical (unpaired) electrons. The van der Waals surface area contributed by atoms with Crippen LogP contribution in [0.3, 0.4) is 0 Å². The molecule has 0 fully saturated rings. The summed E-state index contributed by atoms with van der Waals surface area (Å²) in [6, 6.07) is 11.9. The van der Waals surface area contributed by atoms with E-state index in [2.05, 4.69) is 9.97 Å². The van der Waals surface area contributed by atoms with Gasteiger partial charge in [-0.3, -0.25) is 4.79 Å².